The van der Waals surface area contributed by atoms with Crippen LogP contribution in [0.5, 0.6) is 11.5 Å². The van der Waals surface area contributed by atoms with Crippen LogP contribution in [0.4, 0.5) is 0 Å². The van der Waals surface area contributed by atoms with E-state index < -0.39 is 10.0 Å². The topological polar surface area (TPSA) is 76.7 Å². The SMILES string of the molecule is CC1NCCCC1NS(=O)(=O)c1ccc2c(c1)OCCCO2.Cl. The highest BCUT2D eigenvalue weighted by atomic mass is 35.5. The normalized spacial score (nSPS) is 24.4. The van der Waals surface area contributed by atoms with Crippen LogP contribution in [0.2, 0.25) is 0 Å². The van der Waals surface area contributed by atoms with E-state index in [-0.39, 0.29) is 29.4 Å². The van der Waals surface area contributed by atoms with Crippen molar-refractivity contribution in [2.45, 2.75) is 43.2 Å². The second-order valence-electron chi connectivity index (χ2n) is 5.77. The van der Waals surface area contributed by atoms with Gasteiger partial charge in [-0.25, -0.2) is 13.1 Å². The number of rotatable bonds is 3. The minimum absolute atomic E-state index is 0. The van der Waals surface area contributed by atoms with E-state index in [4.69, 9.17) is 9.47 Å². The zero-order valence-electron chi connectivity index (χ0n) is 13.1. The van der Waals surface area contributed by atoms with Crippen LogP contribution in [0.15, 0.2) is 23.1 Å². The fourth-order valence-electron chi connectivity index (χ4n) is 2.78. The number of hydrogen-bond donors (Lipinski definition) is 2. The molecule has 2 atom stereocenters. The smallest absolute Gasteiger partial charge is 0.241 e. The Labute approximate surface area is 143 Å². The molecule has 2 heterocycles. The number of benzene rings is 1. The first kappa shape index (κ1) is 18.3. The van der Waals surface area contributed by atoms with Crippen LogP contribution in [-0.4, -0.2) is 40.3 Å². The number of piperidine rings is 1. The first-order valence-electron chi connectivity index (χ1n) is 7.72. The molecule has 1 aromatic rings. The van der Waals surface area contributed by atoms with Gasteiger partial charge in [-0.3, -0.25) is 0 Å². The Morgan fingerprint density at radius 3 is 2.65 bits per heavy atom. The van der Waals surface area contributed by atoms with Crippen molar-refractivity contribution in [3.8, 4) is 11.5 Å². The predicted octanol–water partition coefficient (Wildman–Crippen LogP) is 1.69. The van der Waals surface area contributed by atoms with Gasteiger partial charge in [0, 0.05) is 24.6 Å². The fraction of sp³-hybridized carbons (Fsp3) is 0.600. The van der Waals surface area contributed by atoms with Gasteiger partial charge in [0.25, 0.3) is 0 Å². The molecule has 0 saturated carbocycles. The zero-order valence-corrected chi connectivity index (χ0v) is 14.7. The van der Waals surface area contributed by atoms with E-state index in [1.54, 1.807) is 18.2 Å². The van der Waals surface area contributed by atoms with Crippen molar-refractivity contribution in [1.29, 1.82) is 0 Å². The van der Waals surface area contributed by atoms with E-state index in [1.165, 1.54) is 0 Å². The number of hydrogen-bond acceptors (Lipinski definition) is 5. The molecule has 0 aliphatic carbocycles. The first-order chi connectivity index (χ1) is 10.6. The van der Waals surface area contributed by atoms with Gasteiger partial charge in [-0.05, 0) is 38.4 Å². The van der Waals surface area contributed by atoms with Gasteiger partial charge in [-0.1, -0.05) is 0 Å². The molecule has 2 N–H and O–H groups in total. The second kappa shape index (κ2) is 7.70. The Morgan fingerprint density at radius 2 is 1.91 bits per heavy atom. The van der Waals surface area contributed by atoms with E-state index >= 15 is 0 Å². The summed E-state index contributed by atoms with van der Waals surface area (Å²) in [4.78, 5) is 0.217. The highest BCUT2D eigenvalue weighted by Gasteiger charge is 2.27. The van der Waals surface area contributed by atoms with Gasteiger partial charge >= 0.3 is 0 Å². The Balaban J connectivity index is 0.00000192. The summed E-state index contributed by atoms with van der Waals surface area (Å²) in [5.41, 5.74) is 0. The maximum atomic E-state index is 12.6. The molecule has 6 nitrogen and oxygen atoms in total. The maximum absolute atomic E-state index is 12.6. The molecule has 1 saturated heterocycles. The molecule has 8 heteroatoms. The predicted molar refractivity (Wildman–Crippen MR) is 90.1 cm³/mol. The molecule has 0 bridgehead atoms. The Morgan fingerprint density at radius 1 is 1.17 bits per heavy atom. The van der Waals surface area contributed by atoms with Crippen molar-refractivity contribution in [3.63, 3.8) is 0 Å². The number of sulfonamides is 1. The van der Waals surface area contributed by atoms with Gasteiger partial charge in [0.2, 0.25) is 10.0 Å². The lowest BCUT2D eigenvalue weighted by Gasteiger charge is -2.30. The summed E-state index contributed by atoms with van der Waals surface area (Å²) in [6.07, 6.45) is 2.61. The van der Waals surface area contributed by atoms with E-state index in [1.807, 2.05) is 6.92 Å². The molecule has 1 fully saturated rings. The summed E-state index contributed by atoms with van der Waals surface area (Å²) in [5, 5.41) is 3.29. The fourth-order valence-corrected chi connectivity index (χ4v) is 4.15. The van der Waals surface area contributed by atoms with Crippen molar-refractivity contribution in [2.75, 3.05) is 19.8 Å². The number of halogens is 1. The van der Waals surface area contributed by atoms with Gasteiger partial charge in [-0.15, -0.1) is 12.4 Å². The molecule has 0 aromatic heterocycles. The Hall–Kier alpha value is -1.02. The minimum atomic E-state index is -3.56. The second-order valence-corrected chi connectivity index (χ2v) is 7.49. The first-order valence-corrected chi connectivity index (χ1v) is 9.20. The summed E-state index contributed by atoms with van der Waals surface area (Å²) >= 11 is 0. The molecular formula is C15H23ClN2O4S. The van der Waals surface area contributed by atoms with Crippen LogP contribution in [0, 0.1) is 0 Å². The molecule has 3 rings (SSSR count). The molecular weight excluding hydrogens is 340 g/mol. The quantitative estimate of drug-likeness (QED) is 0.855. The van der Waals surface area contributed by atoms with E-state index in [0.29, 0.717) is 24.7 Å². The van der Waals surface area contributed by atoms with Crippen LogP contribution in [0.3, 0.4) is 0 Å². The van der Waals surface area contributed by atoms with Crippen LogP contribution in [-0.2, 0) is 10.0 Å². The molecule has 23 heavy (non-hydrogen) atoms. The molecule has 1 aromatic carbocycles. The third-order valence-corrected chi connectivity index (χ3v) is 5.59. The lowest BCUT2D eigenvalue weighted by atomic mass is 10.0. The Bertz CT molecular complexity index is 638. The summed E-state index contributed by atoms with van der Waals surface area (Å²) < 4.78 is 39.1. The van der Waals surface area contributed by atoms with Gasteiger partial charge in [-0.2, -0.15) is 0 Å². The van der Waals surface area contributed by atoms with Gasteiger partial charge in [0.15, 0.2) is 11.5 Å². The highest BCUT2D eigenvalue weighted by Crippen LogP contribution is 2.32. The van der Waals surface area contributed by atoms with E-state index in [9.17, 15) is 8.42 Å². The zero-order chi connectivity index (χ0) is 15.6. The summed E-state index contributed by atoms with van der Waals surface area (Å²) in [6, 6.07) is 4.82. The number of nitrogens with one attached hydrogen (secondary N) is 2. The van der Waals surface area contributed by atoms with Crippen molar-refractivity contribution < 1.29 is 17.9 Å². The largest absolute Gasteiger partial charge is 0.490 e. The molecule has 2 aliphatic rings. The average Bonchev–Trinajstić information content (AvgIpc) is 2.74. The third-order valence-electron chi connectivity index (χ3n) is 4.10. The maximum Gasteiger partial charge on any atom is 0.241 e. The van der Waals surface area contributed by atoms with Crippen molar-refractivity contribution >= 4 is 22.4 Å². The number of fused-ring (bicyclic) bond motifs is 1. The molecule has 0 radical (unpaired) electrons. The number of ether oxygens (including phenoxy) is 2. The van der Waals surface area contributed by atoms with Crippen molar-refractivity contribution in [2.24, 2.45) is 0 Å². The van der Waals surface area contributed by atoms with Crippen LogP contribution < -0.4 is 19.5 Å². The van der Waals surface area contributed by atoms with E-state index in [2.05, 4.69) is 10.0 Å². The lowest BCUT2D eigenvalue weighted by molar-refractivity contribution is 0.297. The van der Waals surface area contributed by atoms with Crippen molar-refractivity contribution in [3.05, 3.63) is 18.2 Å². The highest BCUT2D eigenvalue weighted by molar-refractivity contribution is 7.89. The Kier molecular flexibility index (Phi) is 6.13. The minimum Gasteiger partial charge on any atom is -0.490 e. The molecule has 2 aliphatic heterocycles. The third kappa shape index (κ3) is 4.29. The monoisotopic (exact) mass is 362 g/mol. The molecule has 130 valence electrons. The standard InChI is InChI=1S/C15H22N2O4S.ClH/c1-11-13(4-2-7-16-11)17-22(18,19)12-5-6-14-15(10-12)21-9-3-8-20-14;/h5-6,10-11,13,16-17H,2-4,7-9H2,1H3;1H. The van der Waals surface area contributed by atoms with Gasteiger partial charge in [0.1, 0.15) is 0 Å². The molecule has 0 amide bonds. The van der Waals surface area contributed by atoms with Gasteiger partial charge in [0.05, 0.1) is 18.1 Å². The van der Waals surface area contributed by atoms with Gasteiger partial charge < -0.3 is 14.8 Å². The lowest BCUT2D eigenvalue weighted by Crippen LogP contribution is -2.51. The molecule has 0 spiro atoms. The summed E-state index contributed by atoms with van der Waals surface area (Å²) in [7, 11) is -3.56. The van der Waals surface area contributed by atoms with Crippen molar-refractivity contribution in [1.82, 2.24) is 10.0 Å². The summed E-state index contributed by atoms with van der Waals surface area (Å²) in [5.74, 6) is 1.10. The summed E-state index contributed by atoms with van der Waals surface area (Å²) in [6.45, 7) is 4.06. The van der Waals surface area contributed by atoms with Crippen LogP contribution >= 0.6 is 12.4 Å². The molecule has 2 unspecified atom stereocenters. The van der Waals surface area contributed by atoms with E-state index in [0.717, 1.165) is 25.8 Å². The van der Waals surface area contributed by atoms with Crippen LogP contribution in [0.1, 0.15) is 26.2 Å². The van der Waals surface area contributed by atoms with Crippen LogP contribution in [0.25, 0.3) is 0 Å². The average molecular weight is 363 g/mol.